The molecule has 0 atom stereocenters. The Hall–Kier alpha value is -4.19. The Kier molecular flexibility index (Phi) is 8.54. The molecule has 0 aliphatic carbocycles. The molecule has 3 rings (SSSR count). The first-order valence-electron chi connectivity index (χ1n) is 10.6. The van der Waals surface area contributed by atoms with Gasteiger partial charge in [-0.25, -0.2) is 9.80 Å². The zero-order chi connectivity index (χ0) is 23.5. The van der Waals surface area contributed by atoms with Crippen molar-refractivity contribution in [1.29, 1.82) is 0 Å². The minimum absolute atomic E-state index is 0.131. The highest BCUT2D eigenvalue weighted by molar-refractivity contribution is 6.00. The standard InChI is InChI=1S/C27H26N2O4/c1-33-27(32)24(19-11-14-21-12-5-2-6-13-21)20-29(26(31)23-17-9-4-10-18-23)28-25(30)22-15-7-3-8-16-22/h2-10,12-13,15-19H,11,14,20H2,1H3,(H,28,30)/b24-19+. The third-order valence-electron chi connectivity index (χ3n) is 4.98. The van der Waals surface area contributed by atoms with Crippen molar-refractivity contribution in [3.05, 3.63) is 119 Å². The van der Waals surface area contributed by atoms with E-state index >= 15 is 0 Å². The molecule has 0 fully saturated rings. The molecule has 0 aliphatic rings. The van der Waals surface area contributed by atoms with Crippen molar-refractivity contribution in [3.8, 4) is 0 Å². The third-order valence-corrected chi connectivity index (χ3v) is 4.98. The van der Waals surface area contributed by atoms with Gasteiger partial charge < -0.3 is 4.74 Å². The number of ether oxygens (including phenoxy) is 1. The number of esters is 1. The number of carbonyl (C=O) groups is 3. The van der Waals surface area contributed by atoms with Gasteiger partial charge in [-0.2, -0.15) is 0 Å². The Morgan fingerprint density at radius 1 is 0.818 bits per heavy atom. The molecule has 0 saturated carbocycles. The summed E-state index contributed by atoms with van der Waals surface area (Å²) >= 11 is 0. The van der Waals surface area contributed by atoms with Gasteiger partial charge in [-0.1, -0.05) is 72.8 Å². The molecule has 0 spiro atoms. The number of amides is 2. The molecular formula is C27H26N2O4. The smallest absolute Gasteiger partial charge is 0.335 e. The van der Waals surface area contributed by atoms with Crippen molar-refractivity contribution in [1.82, 2.24) is 10.4 Å². The number of aryl methyl sites for hydroxylation is 1. The predicted octanol–water partition coefficient (Wildman–Crippen LogP) is 4.21. The van der Waals surface area contributed by atoms with Crippen molar-refractivity contribution in [2.45, 2.75) is 12.8 Å². The lowest BCUT2D eigenvalue weighted by Crippen LogP contribution is -2.47. The summed E-state index contributed by atoms with van der Waals surface area (Å²) in [6.07, 6.45) is 3.05. The topological polar surface area (TPSA) is 75.7 Å². The van der Waals surface area contributed by atoms with Crippen LogP contribution in [0, 0.1) is 0 Å². The molecule has 0 unspecified atom stereocenters. The molecule has 6 heteroatoms. The number of rotatable bonds is 8. The lowest BCUT2D eigenvalue weighted by molar-refractivity contribution is -0.136. The first-order chi connectivity index (χ1) is 16.1. The van der Waals surface area contributed by atoms with Crippen LogP contribution >= 0.6 is 0 Å². The van der Waals surface area contributed by atoms with Gasteiger partial charge in [-0.05, 0) is 42.7 Å². The van der Waals surface area contributed by atoms with Crippen LogP contribution in [0.2, 0.25) is 0 Å². The van der Waals surface area contributed by atoms with Crippen LogP contribution in [-0.2, 0) is 16.0 Å². The highest BCUT2D eigenvalue weighted by Gasteiger charge is 2.23. The van der Waals surface area contributed by atoms with Gasteiger partial charge in [0.05, 0.1) is 19.2 Å². The lowest BCUT2D eigenvalue weighted by atomic mass is 10.1. The van der Waals surface area contributed by atoms with E-state index < -0.39 is 17.8 Å². The Morgan fingerprint density at radius 2 is 1.36 bits per heavy atom. The van der Waals surface area contributed by atoms with Crippen molar-refractivity contribution >= 4 is 17.8 Å². The Balaban J connectivity index is 1.83. The fourth-order valence-electron chi connectivity index (χ4n) is 3.25. The van der Waals surface area contributed by atoms with Crippen molar-refractivity contribution in [2.75, 3.05) is 13.7 Å². The molecule has 6 nitrogen and oxygen atoms in total. The highest BCUT2D eigenvalue weighted by atomic mass is 16.5. The Labute approximate surface area is 193 Å². The van der Waals surface area contributed by atoms with Crippen molar-refractivity contribution in [2.24, 2.45) is 0 Å². The molecule has 0 aliphatic heterocycles. The molecule has 0 aromatic heterocycles. The average Bonchev–Trinajstić information content (AvgIpc) is 2.88. The fraction of sp³-hybridized carbons (Fsp3) is 0.148. The summed E-state index contributed by atoms with van der Waals surface area (Å²) in [5.74, 6) is -1.44. The molecule has 2 amide bonds. The summed E-state index contributed by atoms with van der Waals surface area (Å²) in [5, 5.41) is 1.15. The Bertz CT molecular complexity index is 1100. The monoisotopic (exact) mass is 442 g/mol. The molecule has 0 bridgehead atoms. The van der Waals surface area contributed by atoms with Gasteiger partial charge in [0.15, 0.2) is 0 Å². The number of hydrogen-bond acceptors (Lipinski definition) is 4. The number of nitrogens with zero attached hydrogens (tertiary/aromatic N) is 1. The van der Waals surface area contributed by atoms with E-state index in [0.717, 1.165) is 17.0 Å². The molecule has 1 N–H and O–H groups in total. The van der Waals surface area contributed by atoms with Crippen LogP contribution in [0.25, 0.3) is 0 Å². The summed E-state index contributed by atoms with van der Waals surface area (Å²) in [7, 11) is 1.29. The second-order valence-corrected chi connectivity index (χ2v) is 7.31. The number of hydrazine groups is 1. The van der Waals surface area contributed by atoms with Crippen LogP contribution in [-0.4, -0.2) is 36.4 Å². The van der Waals surface area contributed by atoms with E-state index in [1.807, 2.05) is 30.3 Å². The van der Waals surface area contributed by atoms with E-state index in [2.05, 4.69) is 5.43 Å². The predicted molar refractivity (Wildman–Crippen MR) is 126 cm³/mol. The third kappa shape index (κ3) is 6.90. The van der Waals surface area contributed by atoms with E-state index in [0.29, 0.717) is 17.5 Å². The zero-order valence-corrected chi connectivity index (χ0v) is 18.4. The molecule has 0 saturated heterocycles. The van der Waals surface area contributed by atoms with E-state index in [1.54, 1.807) is 66.7 Å². The van der Waals surface area contributed by atoms with Crippen LogP contribution < -0.4 is 5.43 Å². The molecule has 168 valence electrons. The summed E-state index contributed by atoms with van der Waals surface area (Å²) in [4.78, 5) is 38.4. The van der Waals surface area contributed by atoms with Gasteiger partial charge >= 0.3 is 5.97 Å². The van der Waals surface area contributed by atoms with E-state index in [4.69, 9.17) is 4.74 Å². The first-order valence-corrected chi connectivity index (χ1v) is 10.6. The SMILES string of the molecule is COC(=O)/C(=C/CCc1ccccc1)CN(NC(=O)c1ccccc1)C(=O)c1ccccc1. The number of methoxy groups -OCH3 is 1. The number of allylic oxidation sites excluding steroid dienone is 1. The van der Waals surface area contributed by atoms with E-state index in [9.17, 15) is 14.4 Å². The first kappa shape index (κ1) is 23.5. The number of nitrogens with one attached hydrogen (secondary N) is 1. The fourth-order valence-corrected chi connectivity index (χ4v) is 3.25. The second kappa shape index (κ2) is 12.0. The van der Waals surface area contributed by atoms with Crippen LogP contribution in [0.3, 0.4) is 0 Å². The molecule has 33 heavy (non-hydrogen) atoms. The quantitative estimate of drug-likeness (QED) is 0.322. The summed E-state index contributed by atoms with van der Waals surface area (Å²) in [6.45, 7) is -0.131. The maximum absolute atomic E-state index is 13.2. The normalized spacial score (nSPS) is 10.9. The summed E-state index contributed by atoms with van der Waals surface area (Å²) in [5.41, 5.74) is 4.85. The molecule has 0 radical (unpaired) electrons. The number of carbonyl (C=O) groups excluding carboxylic acids is 3. The van der Waals surface area contributed by atoms with Crippen LogP contribution in [0.15, 0.2) is 103 Å². The number of benzene rings is 3. The summed E-state index contributed by atoms with van der Waals surface area (Å²) in [6, 6.07) is 27.0. The van der Waals surface area contributed by atoms with Crippen molar-refractivity contribution in [3.63, 3.8) is 0 Å². The van der Waals surface area contributed by atoms with Gasteiger partial charge in [0.2, 0.25) is 0 Å². The molecule has 3 aromatic rings. The van der Waals surface area contributed by atoms with Crippen molar-refractivity contribution < 1.29 is 19.1 Å². The second-order valence-electron chi connectivity index (χ2n) is 7.31. The van der Waals surface area contributed by atoms with Crippen LogP contribution in [0.4, 0.5) is 0 Å². The maximum Gasteiger partial charge on any atom is 0.335 e. The summed E-state index contributed by atoms with van der Waals surface area (Å²) < 4.78 is 4.93. The molecule has 0 heterocycles. The number of hydrogen-bond donors (Lipinski definition) is 1. The van der Waals surface area contributed by atoms with Crippen LogP contribution in [0.1, 0.15) is 32.7 Å². The lowest BCUT2D eigenvalue weighted by Gasteiger charge is -2.24. The van der Waals surface area contributed by atoms with Gasteiger partial charge in [0.1, 0.15) is 0 Å². The molecule has 3 aromatic carbocycles. The van der Waals surface area contributed by atoms with Gasteiger partial charge in [-0.3, -0.25) is 15.0 Å². The Morgan fingerprint density at radius 3 is 1.94 bits per heavy atom. The largest absolute Gasteiger partial charge is 0.466 e. The van der Waals surface area contributed by atoms with Crippen LogP contribution in [0.5, 0.6) is 0 Å². The van der Waals surface area contributed by atoms with Gasteiger partial charge in [-0.15, -0.1) is 0 Å². The van der Waals surface area contributed by atoms with Gasteiger partial charge in [0.25, 0.3) is 11.8 Å². The zero-order valence-electron chi connectivity index (χ0n) is 18.4. The maximum atomic E-state index is 13.2. The minimum Gasteiger partial charge on any atom is -0.466 e. The minimum atomic E-state index is -0.553. The molecular weight excluding hydrogens is 416 g/mol. The highest BCUT2D eigenvalue weighted by Crippen LogP contribution is 2.11. The van der Waals surface area contributed by atoms with Gasteiger partial charge in [0, 0.05) is 11.1 Å². The average molecular weight is 443 g/mol. The van der Waals surface area contributed by atoms with E-state index in [-0.39, 0.29) is 12.1 Å². The van der Waals surface area contributed by atoms with E-state index in [1.165, 1.54) is 7.11 Å².